The molecule has 2 N–H and O–H groups in total. The molecule has 0 radical (unpaired) electrons. The standard InChI is InChI=1S/C9H11NO3S/c1-2-5-8-6-3-4-7-9(8)10-14(11,12)13/h2-4,6-7,10H,1,5H2,(H,11,12,13). The van der Waals surface area contributed by atoms with E-state index < -0.39 is 10.3 Å². The van der Waals surface area contributed by atoms with Crippen LogP contribution in [-0.4, -0.2) is 13.0 Å². The van der Waals surface area contributed by atoms with E-state index in [0.717, 1.165) is 5.56 Å². The molecular formula is C9H11NO3S. The zero-order valence-corrected chi connectivity index (χ0v) is 8.29. The molecule has 4 nitrogen and oxygen atoms in total. The summed E-state index contributed by atoms with van der Waals surface area (Å²) in [4.78, 5) is 0. The lowest BCUT2D eigenvalue weighted by Crippen LogP contribution is -2.11. The van der Waals surface area contributed by atoms with Crippen LogP contribution in [-0.2, 0) is 16.7 Å². The van der Waals surface area contributed by atoms with Crippen LogP contribution >= 0.6 is 0 Å². The van der Waals surface area contributed by atoms with Gasteiger partial charge in [0.25, 0.3) is 0 Å². The Hall–Kier alpha value is -1.33. The van der Waals surface area contributed by atoms with Gasteiger partial charge in [-0.1, -0.05) is 24.3 Å². The summed E-state index contributed by atoms with van der Waals surface area (Å²) in [5.41, 5.74) is 1.13. The third-order valence-electron chi connectivity index (χ3n) is 1.62. The summed E-state index contributed by atoms with van der Waals surface area (Å²) >= 11 is 0. The Labute approximate surface area is 83.2 Å². The van der Waals surface area contributed by atoms with Gasteiger partial charge in [0.2, 0.25) is 0 Å². The second-order valence-corrected chi connectivity index (χ2v) is 3.88. The molecule has 0 amide bonds. The SMILES string of the molecule is C=CCc1ccccc1NS(=O)(=O)O. The summed E-state index contributed by atoms with van der Waals surface area (Å²) in [6.45, 7) is 3.55. The van der Waals surface area contributed by atoms with E-state index in [-0.39, 0.29) is 0 Å². The van der Waals surface area contributed by atoms with Crippen molar-refractivity contribution >= 4 is 16.0 Å². The fourth-order valence-corrected chi connectivity index (χ4v) is 1.57. The molecule has 0 unspecified atom stereocenters. The predicted octanol–water partition coefficient (Wildman–Crippen LogP) is 1.63. The van der Waals surface area contributed by atoms with Gasteiger partial charge >= 0.3 is 10.3 Å². The maximum Gasteiger partial charge on any atom is 0.357 e. The highest BCUT2D eigenvalue weighted by molar-refractivity contribution is 7.87. The molecule has 0 heterocycles. The molecule has 0 aliphatic heterocycles. The van der Waals surface area contributed by atoms with Crippen LogP contribution in [0.4, 0.5) is 5.69 Å². The van der Waals surface area contributed by atoms with Gasteiger partial charge in [0.15, 0.2) is 0 Å². The van der Waals surface area contributed by atoms with E-state index in [1.807, 2.05) is 4.72 Å². The number of anilines is 1. The molecule has 0 saturated carbocycles. The molecule has 14 heavy (non-hydrogen) atoms. The summed E-state index contributed by atoms with van der Waals surface area (Å²) in [6, 6.07) is 6.80. The van der Waals surface area contributed by atoms with Gasteiger partial charge in [-0.2, -0.15) is 8.42 Å². The van der Waals surface area contributed by atoms with Crippen LogP contribution in [0.5, 0.6) is 0 Å². The van der Waals surface area contributed by atoms with Gasteiger partial charge in [-0.3, -0.25) is 9.27 Å². The minimum Gasteiger partial charge on any atom is -0.269 e. The average Bonchev–Trinajstić information content (AvgIpc) is 2.06. The number of hydrogen-bond donors (Lipinski definition) is 2. The Bertz CT molecular complexity index is 425. The summed E-state index contributed by atoms with van der Waals surface area (Å²) < 4.78 is 31.8. The third-order valence-corrected chi connectivity index (χ3v) is 2.10. The summed E-state index contributed by atoms with van der Waals surface area (Å²) in [5, 5.41) is 0. The van der Waals surface area contributed by atoms with Crippen LogP contribution in [0, 0.1) is 0 Å². The Morgan fingerprint density at radius 1 is 1.43 bits per heavy atom. The molecule has 1 aromatic carbocycles. The van der Waals surface area contributed by atoms with E-state index in [1.54, 1.807) is 30.3 Å². The lowest BCUT2D eigenvalue weighted by atomic mass is 10.1. The van der Waals surface area contributed by atoms with Gasteiger partial charge in [0, 0.05) is 0 Å². The molecule has 0 aliphatic rings. The molecule has 0 atom stereocenters. The number of benzene rings is 1. The van der Waals surface area contributed by atoms with E-state index >= 15 is 0 Å². The zero-order chi connectivity index (χ0) is 10.6. The summed E-state index contributed by atoms with van der Waals surface area (Å²) in [6.07, 6.45) is 2.20. The summed E-state index contributed by atoms with van der Waals surface area (Å²) in [5.74, 6) is 0. The zero-order valence-electron chi connectivity index (χ0n) is 7.47. The van der Waals surface area contributed by atoms with Crippen molar-refractivity contribution in [3.05, 3.63) is 42.5 Å². The van der Waals surface area contributed by atoms with Gasteiger partial charge < -0.3 is 0 Å². The minimum atomic E-state index is -4.20. The first-order chi connectivity index (χ1) is 6.53. The highest BCUT2D eigenvalue weighted by atomic mass is 32.2. The maximum atomic E-state index is 10.6. The van der Waals surface area contributed by atoms with Crippen LogP contribution < -0.4 is 4.72 Å². The van der Waals surface area contributed by atoms with E-state index in [9.17, 15) is 8.42 Å². The van der Waals surface area contributed by atoms with Crippen LogP contribution in [0.15, 0.2) is 36.9 Å². The van der Waals surface area contributed by atoms with Crippen molar-refractivity contribution in [2.45, 2.75) is 6.42 Å². The first kappa shape index (κ1) is 10.7. The lowest BCUT2D eigenvalue weighted by molar-refractivity contribution is 0.489. The normalized spacial score (nSPS) is 10.9. The van der Waals surface area contributed by atoms with Gasteiger partial charge in [-0.25, -0.2) is 0 Å². The van der Waals surface area contributed by atoms with Crippen molar-refractivity contribution in [3.63, 3.8) is 0 Å². The Morgan fingerprint density at radius 3 is 2.64 bits per heavy atom. The van der Waals surface area contributed by atoms with Crippen LogP contribution in [0.1, 0.15) is 5.56 Å². The van der Waals surface area contributed by atoms with Crippen molar-refractivity contribution in [1.29, 1.82) is 0 Å². The molecule has 0 saturated heterocycles. The number of nitrogens with one attached hydrogen (secondary N) is 1. The number of rotatable bonds is 4. The number of hydrogen-bond acceptors (Lipinski definition) is 2. The van der Waals surface area contributed by atoms with E-state index in [2.05, 4.69) is 6.58 Å². The summed E-state index contributed by atoms with van der Waals surface area (Å²) in [7, 11) is -4.20. The third kappa shape index (κ3) is 3.20. The highest BCUT2D eigenvalue weighted by Gasteiger charge is 2.06. The van der Waals surface area contributed by atoms with Crippen molar-refractivity contribution in [2.24, 2.45) is 0 Å². The fraction of sp³-hybridized carbons (Fsp3) is 0.111. The molecule has 76 valence electrons. The number of allylic oxidation sites excluding steroid dienone is 1. The smallest absolute Gasteiger partial charge is 0.269 e. The lowest BCUT2D eigenvalue weighted by Gasteiger charge is -2.07. The molecule has 1 rings (SSSR count). The number of para-hydroxylation sites is 1. The van der Waals surface area contributed by atoms with Gasteiger partial charge in [-0.15, -0.1) is 6.58 Å². The Balaban J connectivity index is 3.01. The van der Waals surface area contributed by atoms with Gasteiger partial charge in [0.1, 0.15) is 0 Å². The first-order valence-electron chi connectivity index (χ1n) is 3.97. The second-order valence-electron chi connectivity index (χ2n) is 2.73. The molecule has 0 fully saturated rings. The molecule has 0 aliphatic carbocycles. The van der Waals surface area contributed by atoms with E-state index in [1.165, 1.54) is 0 Å². The van der Waals surface area contributed by atoms with Crippen LogP contribution in [0.2, 0.25) is 0 Å². The first-order valence-corrected chi connectivity index (χ1v) is 5.41. The maximum absolute atomic E-state index is 10.6. The van der Waals surface area contributed by atoms with Crippen molar-refractivity contribution in [2.75, 3.05) is 4.72 Å². The average molecular weight is 213 g/mol. The predicted molar refractivity (Wildman–Crippen MR) is 55.5 cm³/mol. The Morgan fingerprint density at radius 2 is 2.07 bits per heavy atom. The van der Waals surface area contributed by atoms with Crippen molar-refractivity contribution in [1.82, 2.24) is 0 Å². The molecule has 5 heteroatoms. The quantitative estimate of drug-likeness (QED) is 0.590. The molecule has 0 aromatic heterocycles. The van der Waals surface area contributed by atoms with Crippen molar-refractivity contribution < 1.29 is 13.0 Å². The topological polar surface area (TPSA) is 66.4 Å². The van der Waals surface area contributed by atoms with E-state index in [0.29, 0.717) is 12.1 Å². The molecule has 0 bridgehead atoms. The van der Waals surface area contributed by atoms with E-state index in [4.69, 9.17) is 4.55 Å². The molecule has 1 aromatic rings. The highest BCUT2D eigenvalue weighted by Crippen LogP contribution is 2.16. The largest absolute Gasteiger partial charge is 0.357 e. The monoisotopic (exact) mass is 213 g/mol. The molecular weight excluding hydrogens is 202 g/mol. The molecule has 0 spiro atoms. The van der Waals surface area contributed by atoms with Crippen molar-refractivity contribution in [3.8, 4) is 0 Å². The second kappa shape index (κ2) is 4.26. The minimum absolute atomic E-state index is 0.370. The Kier molecular flexibility index (Phi) is 3.27. The van der Waals surface area contributed by atoms with Crippen LogP contribution in [0.3, 0.4) is 0 Å². The fourth-order valence-electron chi connectivity index (χ4n) is 1.09. The van der Waals surface area contributed by atoms with Crippen LogP contribution in [0.25, 0.3) is 0 Å². The van der Waals surface area contributed by atoms with Gasteiger partial charge in [0.05, 0.1) is 5.69 Å². The van der Waals surface area contributed by atoms with Gasteiger partial charge in [-0.05, 0) is 18.1 Å².